The molecule has 2 atom stereocenters. The van der Waals surface area contributed by atoms with Crippen LogP contribution in [0.5, 0.6) is 5.75 Å². The van der Waals surface area contributed by atoms with Crippen LogP contribution < -0.4 is 4.74 Å². The molecule has 1 fully saturated rings. The maximum Gasteiger partial charge on any atom is 0.338 e. The average Bonchev–Trinajstić information content (AvgIpc) is 3.28. The first kappa shape index (κ1) is 22.6. The number of hydrogen-bond donors (Lipinski definition) is 0. The topological polar surface area (TPSA) is 70.4 Å². The number of aromatic nitrogens is 2. The summed E-state index contributed by atoms with van der Waals surface area (Å²) >= 11 is 0. The molecule has 178 valence electrons. The van der Waals surface area contributed by atoms with Crippen LogP contribution in [-0.2, 0) is 28.4 Å². The van der Waals surface area contributed by atoms with Crippen LogP contribution in [0, 0.1) is 12.3 Å². The van der Waals surface area contributed by atoms with E-state index in [0.717, 1.165) is 36.2 Å². The second-order valence-corrected chi connectivity index (χ2v) is 10.7. The summed E-state index contributed by atoms with van der Waals surface area (Å²) < 4.78 is 13.5. The third-order valence-corrected chi connectivity index (χ3v) is 7.51. The molecule has 2 aliphatic carbocycles. The predicted molar refractivity (Wildman–Crippen MR) is 130 cm³/mol. The van der Waals surface area contributed by atoms with Gasteiger partial charge in [-0.15, -0.1) is 0 Å². The highest BCUT2D eigenvalue weighted by atomic mass is 16.5. The molecule has 0 radical (unpaired) electrons. The lowest BCUT2D eigenvalue weighted by Gasteiger charge is -2.21. The van der Waals surface area contributed by atoms with Crippen LogP contribution in [0.2, 0.25) is 0 Å². The molecule has 1 saturated carbocycles. The molecule has 0 amide bonds. The minimum Gasteiger partial charge on any atom is -0.462 e. The third-order valence-electron chi connectivity index (χ3n) is 7.51. The lowest BCUT2D eigenvalue weighted by atomic mass is 9.89. The van der Waals surface area contributed by atoms with Crippen LogP contribution in [0.15, 0.2) is 30.3 Å². The molecule has 0 N–H and O–H groups in total. The van der Waals surface area contributed by atoms with Gasteiger partial charge in [0, 0.05) is 18.0 Å². The fourth-order valence-corrected chi connectivity index (χ4v) is 5.47. The molecule has 5 rings (SSSR count). The molecule has 2 unspecified atom stereocenters. The van der Waals surface area contributed by atoms with Crippen molar-refractivity contribution in [2.75, 3.05) is 6.61 Å². The molecule has 0 saturated heterocycles. The van der Waals surface area contributed by atoms with Gasteiger partial charge in [-0.25, -0.2) is 9.78 Å². The second kappa shape index (κ2) is 7.69. The Hall–Kier alpha value is -3.15. The summed E-state index contributed by atoms with van der Waals surface area (Å²) in [7, 11) is 1.90. The van der Waals surface area contributed by atoms with Gasteiger partial charge in [0.05, 0.1) is 23.1 Å². The maximum absolute atomic E-state index is 13.3. The summed E-state index contributed by atoms with van der Waals surface area (Å²) in [5.41, 5.74) is 4.58. The minimum absolute atomic E-state index is 0.0434. The molecule has 0 bridgehead atoms. The van der Waals surface area contributed by atoms with E-state index in [2.05, 4.69) is 24.3 Å². The van der Waals surface area contributed by atoms with E-state index in [4.69, 9.17) is 14.5 Å². The predicted octanol–water partition coefficient (Wildman–Crippen LogP) is 5.38. The SMILES string of the molecule is CCOC(=O)c1cc2c(nc(C)n2C)c(OC(=O)C(C)(C)C)c1C1CC12CCc1ccccc12. The van der Waals surface area contributed by atoms with E-state index in [1.165, 1.54) is 11.1 Å². The number of benzene rings is 2. The smallest absolute Gasteiger partial charge is 0.338 e. The highest BCUT2D eigenvalue weighted by Gasteiger charge is 2.60. The van der Waals surface area contributed by atoms with Gasteiger partial charge in [-0.1, -0.05) is 24.3 Å². The van der Waals surface area contributed by atoms with Crippen molar-refractivity contribution in [3.8, 4) is 5.75 Å². The van der Waals surface area contributed by atoms with E-state index in [1.807, 2.05) is 45.4 Å². The average molecular weight is 461 g/mol. The highest BCUT2D eigenvalue weighted by Crippen LogP contribution is 2.68. The van der Waals surface area contributed by atoms with Crippen molar-refractivity contribution in [1.82, 2.24) is 9.55 Å². The molecule has 1 spiro atoms. The van der Waals surface area contributed by atoms with E-state index in [1.54, 1.807) is 6.92 Å². The van der Waals surface area contributed by atoms with Gasteiger partial charge >= 0.3 is 11.9 Å². The van der Waals surface area contributed by atoms with Gasteiger partial charge in [-0.05, 0) is 77.0 Å². The van der Waals surface area contributed by atoms with E-state index < -0.39 is 5.41 Å². The van der Waals surface area contributed by atoms with Gasteiger partial charge < -0.3 is 14.0 Å². The summed E-state index contributed by atoms with van der Waals surface area (Å²) in [5.74, 6) is 0.521. The largest absolute Gasteiger partial charge is 0.462 e. The van der Waals surface area contributed by atoms with Gasteiger partial charge in [-0.3, -0.25) is 4.79 Å². The molecule has 34 heavy (non-hydrogen) atoms. The van der Waals surface area contributed by atoms with Gasteiger partial charge in [0.2, 0.25) is 0 Å². The maximum atomic E-state index is 13.3. The van der Waals surface area contributed by atoms with Crippen molar-refractivity contribution >= 4 is 23.0 Å². The molecule has 6 nitrogen and oxygen atoms in total. The standard InChI is InChI=1S/C28H32N2O4/c1-7-33-25(31)18-14-21-23(29-16(2)30(21)6)24(34-26(32)27(3,4)5)22(18)20-15-28(20)13-12-17-10-8-9-11-19(17)28/h8-11,14,20H,7,12-13,15H2,1-6H3. The lowest BCUT2D eigenvalue weighted by molar-refractivity contribution is -0.142. The van der Waals surface area contributed by atoms with Crippen LogP contribution in [0.3, 0.4) is 0 Å². The Morgan fingerprint density at radius 2 is 1.97 bits per heavy atom. The van der Waals surface area contributed by atoms with Crippen LogP contribution in [0.1, 0.15) is 79.3 Å². The van der Waals surface area contributed by atoms with Crippen molar-refractivity contribution < 1.29 is 19.1 Å². The normalized spacial score (nSPS) is 21.1. The molecule has 0 aliphatic heterocycles. The Balaban J connectivity index is 1.75. The van der Waals surface area contributed by atoms with Crippen LogP contribution in [0.25, 0.3) is 11.0 Å². The Bertz CT molecular complexity index is 1330. The monoisotopic (exact) mass is 460 g/mol. The van der Waals surface area contributed by atoms with E-state index in [-0.39, 0.29) is 29.9 Å². The fourth-order valence-electron chi connectivity index (χ4n) is 5.47. The highest BCUT2D eigenvalue weighted by molar-refractivity contribution is 6.00. The van der Waals surface area contributed by atoms with Gasteiger partial charge in [0.25, 0.3) is 0 Å². The Labute approximate surface area is 200 Å². The first-order valence-electron chi connectivity index (χ1n) is 12.1. The fraction of sp³-hybridized carbons (Fsp3) is 0.464. The number of fused-ring (bicyclic) bond motifs is 3. The third kappa shape index (κ3) is 3.34. The molecule has 3 aromatic rings. The number of ether oxygens (including phenoxy) is 2. The van der Waals surface area contributed by atoms with Crippen LogP contribution >= 0.6 is 0 Å². The zero-order valence-electron chi connectivity index (χ0n) is 20.8. The van der Waals surface area contributed by atoms with Crippen molar-refractivity contribution in [3.63, 3.8) is 0 Å². The summed E-state index contributed by atoms with van der Waals surface area (Å²) in [4.78, 5) is 31.1. The molecular weight excluding hydrogens is 428 g/mol. The zero-order valence-corrected chi connectivity index (χ0v) is 20.8. The number of nitrogens with zero attached hydrogens (tertiary/aromatic N) is 2. The first-order valence-corrected chi connectivity index (χ1v) is 12.1. The Kier molecular flexibility index (Phi) is 5.12. The summed E-state index contributed by atoms with van der Waals surface area (Å²) in [6.07, 6.45) is 2.95. The number of imidazole rings is 1. The van der Waals surface area contributed by atoms with Gasteiger partial charge in [0.1, 0.15) is 11.3 Å². The van der Waals surface area contributed by atoms with Crippen molar-refractivity contribution in [2.45, 2.75) is 65.2 Å². The van der Waals surface area contributed by atoms with Crippen molar-refractivity contribution in [3.05, 3.63) is 58.4 Å². The zero-order chi connectivity index (χ0) is 24.4. The van der Waals surface area contributed by atoms with Crippen molar-refractivity contribution in [1.29, 1.82) is 0 Å². The van der Waals surface area contributed by atoms with E-state index in [0.29, 0.717) is 16.8 Å². The number of esters is 2. The molecular formula is C28H32N2O4. The van der Waals surface area contributed by atoms with Gasteiger partial charge in [0.15, 0.2) is 5.75 Å². The number of aryl methyl sites for hydroxylation is 3. The molecule has 1 aromatic heterocycles. The number of carbonyl (C=O) groups excluding carboxylic acids is 2. The number of hydrogen-bond acceptors (Lipinski definition) is 5. The lowest BCUT2D eigenvalue weighted by Crippen LogP contribution is -2.26. The summed E-state index contributed by atoms with van der Waals surface area (Å²) in [5, 5.41) is 0. The molecule has 2 aromatic carbocycles. The molecule has 1 heterocycles. The van der Waals surface area contributed by atoms with Crippen LogP contribution in [0.4, 0.5) is 0 Å². The number of rotatable bonds is 4. The quantitative estimate of drug-likeness (QED) is 0.386. The molecule has 6 heteroatoms. The number of carbonyl (C=O) groups is 2. The van der Waals surface area contributed by atoms with Gasteiger partial charge in [-0.2, -0.15) is 0 Å². The Morgan fingerprint density at radius 1 is 1.24 bits per heavy atom. The summed E-state index contributed by atoms with van der Waals surface area (Å²) in [6, 6.07) is 10.4. The van der Waals surface area contributed by atoms with Crippen LogP contribution in [-0.4, -0.2) is 28.1 Å². The Morgan fingerprint density at radius 3 is 2.68 bits per heavy atom. The van der Waals surface area contributed by atoms with E-state index >= 15 is 0 Å². The summed E-state index contributed by atoms with van der Waals surface area (Å²) in [6.45, 7) is 9.47. The minimum atomic E-state index is -0.700. The first-order chi connectivity index (χ1) is 16.1. The second-order valence-electron chi connectivity index (χ2n) is 10.7. The molecule has 2 aliphatic rings. The van der Waals surface area contributed by atoms with Crippen molar-refractivity contribution in [2.24, 2.45) is 12.5 Å². The van der Waals surface area contributed by atoms with E-state index in [9.17, 15) is 9.59 Å².